The number of amides is 1. The summed E-state index contributed by atoms with van der Waals surface area (Å²) in [6, 6.07) is 3.72. The lowest BCUT2D eigenvalue weighted by Crippen LogP contribution is -2.17. The van der Waals surface area contributed by atoms with Crippen molar-refractivity contribution in [2.75, 3.05) is 13.2 Å². The van der Waals surface area contributed by atoms with Crippen LogP contribution in [0.25, 0.3) is 6.08 Å². The maximum Gasteiger partial charge on any atom is 0.263 e. The highest BCUT2D eigenvalue weighted by Gasteiger charge is 2.22. The van der Waals surface area contributed by atoms with Crippen LogP contribution in [0.1, 0.15) is 12.5 Å². The molecule has 1 amide bonds. The minimum absolute atomic E-state index is 0.170. The number of ether oxygens (including phenoxy) is 2. The van der Waals surface area contributed by atoms with Crippen LogP contribution in [0.15, 0.2) is 17.0 Å². The molecule has 1 N–H and O–H groups in total. The lowest BCUT2D eigenvalue weighted by molar-refractivity contribution is -0.115. The van der Waals surface area contributed by atoms with Gasteiger partial charge in [-0.25, -0.2) is 0 Å². The molecule has 1 aliphatic heterocycles. The van der Waals surface area contributed by atoms with Gasteiger partial charge in [-0.3, -0.25) is 4.79 Å². The van der Waals surface area contributed by atoms with Gasteiger partial charge in [-0.2, -0.15) is 0 Å². The molecule has 7 heteroatoms. The first-order valence-corrected chi connectivity index (χ1v) is 8.63. The van der Waals surface area contributed by atoms with E-state index >= 15 is 0 Å². The van der Waals surface area contributed by atoms with Gasteiger partial charge in [-0.15, -0.1) is 6.42 Å². The van der Waals surface area contributed by atoms with Crippen molar-refractivity contribution < 1.29 is 14.3 Å². The maximum atomic E-state index is 11.7. The van der Waals surface area contributed by atoms with E-state index in [2.05, 4.69) is 33.8 Å². The van der Waals surface area contributed by atoms with Gasteiger partial charge in [-0.1, -0.05) is 29.9 Å². The molecule has 1 aliphatic rings. The molecule has 0 bridgehead atoms. The fourth-order valence-corrected chi connectivity index (χ4v) is 3.59. The summed E-state index contributed by atoms with van der Waals surface area (Å²) in [5.41, 5.74) is 0.836. The molecule has 0 spiro atoms. The van der Waals surface area contributed by atoms with E-state index in [9.17, 15) is 4.79 Å². The van der Waals surface area contributed by atoms with Gasteiger partial charge < -0.3 is 14.8 Å². The summed E-state index contributed by atoms with van der Waals surface area (Å²) in [6.45, 7) is 2.56. The molecule has 2 rings (SSSR count). The zero-order valence-corrected chi connectivity index (χ0v) is 15.4. The fourth-order valence-electron chi connectivity index (χ4n) is 1.76. The smallest absolute Gasteiger partial charge is 0.263 e. The zero-order chi connectivity index (χ0) is 16.1. The van der Waals surface area contributed by atoms with Crippen molar-refractivity contribution >= 4 is 62.9 Å². The van der Waals surface area contributed by atoms with Crippen LogP contribution in [0, 0.1) is 15.9 Å². The number of rotatable bonds is 5. The molecular weight excluding hydrogens is 433 g/mol. The minimum Gasteiger partial charge on any atom is -0.490 e. The number of hydrogen-bond donors (Lipinski definition) is 1. The SMILES string of the molecule is C#CCOc1c(I)cc(/C=C2\SC(=S)NC2=O)cc1OCC. The molecule has 22 heavy (non-hydrogen) atoms. The molecule has 1 fully saturated rings. The quantitative estimate of drug-likeness (QED) is 0.327. The van der Waals surface area contributed by atoms with Crippen LogP contribution in [0.2, 0.25) is 0 Å². The molecule has 4 nitrogen and oxygen atoms in total. The van der Waals surface area contributed by atoms with Gasteiger partial charge in [-0.05, 0) is 53.3 Å². The van der Waals surface area contributed by atoms with E-state index in [4.69, 9.17) is 28.1 Å². The summed E-state index contributed by atoms with van der Waals surface area (Å²) in [7, 11) is 0. The predicted octanol–water partition coefficient (Wildman–Crippen LogP) is 3.19. The number of hydrogen-bond acceptors (Lipinski definition) is 5. The standard InChI is InChI=1S/C15H12INO3S2/c1-3-5-20-13-10(16)6-9(7-11(13)19-4-2)8-12-14(18)17-15(21)22-12/h1,6-8H,4-5H2,2H3,(H,17,18,21)/b12-8-. The summed E-state index contributed by atoms with van der Waals surface area (Å²) in [5.74, 6) is 3.46. The molecule has 1 heterocycles. The number of carbonyl (C=O) groups excluding carboxylic acids is 1. The van der Waals surface area contributed by atoms with Gasteiger partial charge >= 0.3 is 0 Å². The van der Waals surface area contributed by atoms with E-state index in [1.54, 1.807) is 6.08 Å². The van der Waals surface area contributed by atoms with E-state index in [0.717, 1.165) is 9.13 Å². The van der Waals surface area contributed by atoms with Crippen LogP contribution < -0.4 is 14.8 Å². The molecule has 0 radical (unpaired) electrons. The molecule has 1 aromatic carbocycles. The summed E-state index contributed by atoms with van der Waals surface area (Å²) < 4.78 is 12.5. The summed E-state index contributed by atoms with van der Waals surface area (Å²) in [5, 5.41) is 2.59. The number of nitrogens with one attached hydrogen (secondary N) is 1. The Morgan fingerprint density at radius 2 is 2.27 bits per heavy atom. The molecule has 0 aromatic heterocycles. The lowest BCUT2D eigenvalue weighted by Gasteiger charge is -2.13. The van der Waals surface area contributed by atoms with E-state index in [1.807, 2.05) is 19.1 Å². The van der Waals surface area contributed by atoms with E-state index in [-0.39, 0.29) is 12.5 Å². The van der Waals surface area contributed by atoms with E-state index in [0.29, 0.717) is 27.3 Å². The van der Waals surface area contributed by atoms with Gasteiger partial charge in [0.2, 0.25) is 0 Å². The van der Waals surface area contributed by atoms with Gasteiger partial charge in [0.05, 0.1) is 15.1 Å². The van der Waals surface area contributed by atoms with Crippen molar-refractivity contribution in [3.05, 3.63) is 26.2 Å². The van der Waals surface area contributed by atoms with Crippen molar-refractivity contribution in [1.29, 1.82) is 0 Å². The highest BCUT2D eigenvalue weighted by atomic mass is 127. The van der Waals surface area contributed by atoms with Crippen molar-refractivity contribution in [2.24, 2.45) is 0 Å². The Morgan fingerprint density at radius 3 is 2.86 bits per heavy atom. The van der Waals surface area contributed by atoms with Gasteiger partial charge in [0.25, 0.3) is 5.91 Å². The Morgan fingerprint density at radius 1 is 1.50 bits per heavy atom. The topological polar surface area (TPSA) is 47.6 Å². The van der Waals surface area contributed by atoms with E-state index < -0.39 is 0 Å². The Bertz CT molecular complexity index is 695. The maximum absolute atomic E-state index is 11.7. The summed E-state index contributed by atoms with van der Waals surface area (Å²) in [4.78, 5) is 12.3. The third kappa shape index (κ3) is 4.15. The molecule has 1 aromatic rings. The summed E-state index contributed by atoms with van der Waals surface area (Å²) >= 11 is 8.37. The van der Waals surface area contributed by atoms with Crippen molar-refractivity contribution in [2.45, 2.75) is 6.92 Å². The van der Waals surface area contributed by atoms with Crippen LogP contribution in [0.5, 0.6) is 11.5 Å². The molecule has 0 unspecified atom stereocenters. The number of thioether (sulfide) groups is 1. The van der Waals surface area contributed by atoms with Gasteiger partial charge in [0.1, 0.15) is 10.9 Å². The Balaban J connectivity index is 2.38. The first-order valence-electron chi connectivity index (χ1n) is 6.32. The first kappa shape index (κ1) is 17.1. The number of carbonyl (C=O) groups is 1. The van der Waals surface area contributed by atoms with Crippen molar-refractivity contribution in [3.8, 4) is 23.8 Å². The van der Waals surface area contributed by atoms with Gasteiger partial charge in [0.15, 0.2) is 11.5 Å². The monoisotopic (exact) mass is 445 g/mol. The first-order chi connectivity index (χ1) is 10.5. The largest absolute Gasteiger partial charge is 0.490 e. The fraction of sp³-hybridized carbons (Fsp3) is 0.200. The van der Waals surface area contributed by atoms with E-state index in [1.165, 1.54) is 11.8 Å². The molecular formula is C15H12INO3S2. The lowest BCUT2D eigenvalue weighted by atomic mass is 10.2. The predicted molar refractivity (Wildman–Crippen MR) is 101 cm³/mol. The normalized spacial score (nSPS) is 15.6. The third-order valence-electron chi connectivity index (χ3n) is 2.57. The van der Waals surface area contributed by atoms with Crippen molar-refractivity contribution in [3.63, 3.8) is 0 Å². The second-order valence-electron chi connectivity index (χ2n) is 4.11. The Hall–Kier alpha value is -1.24. The number of thiocarbonyl (C=S) groups is 1. The van der Waals surface area contributed by atoms with Crippen LogP contribution in [0.4, 0.5) is 0 Å². The van der Waals surface area contributed by atoms with Crippen molar-refractivity contribution in [1.82, 2.24) is 5.32 Å². The molecule has 1 saturated heterocycles. The molecule has 0 saturated carbocycles. The highest BCUT2D eigenvalue weighted by Crippen LogP contribution is 2.36. The Kier molecular flexibility index (Phi) is 6.11. The van der Waals surface area contributed by atoms with Crippen LogP contribution >= 0.6 is 46.6 Å². The van der Waals surface area contributed by atoms with Crippen LogP contribution in [-0.2, 0) is 4.79 Å². The minimum atomic E-state index is -0.185. The number of benzene rings is 1. The van der Waals surface area contributed by atoms with Crippen LogP contribution in [0.3, 0.4) is 0 Å². The van der Waals surface area contributed by atoms with Gasteiger partial charge in [0, 0.05) is 0 Å². The Labute approximate surface area is 152 Å². The third-order valence-corrected chi connectivity index (χ3v) is 4.54. The number of halogens is 1. The zero-order valence-electron chi connectivity index (χ0n) is 11.6. The average Bonchev–Trinajstić information content (AvgIpc) is 2.76. The molecule has 114 valence electrons. The molecule has 0 aliphatic carbocycles. The van der Waals surface area contributed by atoms with Crippen LogP contribution in [-0.4, -0.2) is 23.4 Å². The highest BCUT2D eigenvalue weighted by molar-refractivity contribution is 14.1. The second-order valence-corrected chi connectivity index (χ2v) is 6.99. The molecule has 0 atom stereocenters. The second kappa shape index (κ2) is 7.85. The average molecular weight is 445 g/mol. The summed E-state index contributed by atoms with van der Waals surface area (Å²) in [6.07, 6.45) is 7.00. The number of terminal acetylenes is 1.